The summed E-state index contributed by atoms with van der Waals surface area (Å²) in [6.07, 6.45) is 0. The summed E-state index contributed by atoms with van der Waals surface area (Å²) in [6, 6.07) is 17.8. The molecule has 1 amide bonds. The SMILES string of the molecule is Cc1ccc(C)c(S(=O)(=O)Oc2ccc(C(=O)OCC(=O)Nc3ccccc3C)cc2)c1. The Kier molecular flexibility index (Phi) is 6.95. The van der Waals surface area contributed by atoms with Crippen molar-refractivity contribution >= 4 is 27.7 Å². The molecule has 32 heavy (non-hydrogen) atoms. The van der Waals surface area contributed by atoms with E-state index >= 15 is 0 Å². The molecule has 0 unspecified atom stereocenters. The van der Waals surface area contributed by atoms with E-state index < -0.39 is 28.6 Å². The van der Waals surface area contributed by atoms with Gasteiger partial charge in [0.2, 0.25) is 0 Å². The third-order valence-electron chi connectivity index (χ3n) is 4.66. The molecule has 0 radical (unpaired) electrons. The molecule has 1 N–H and O–H groups in total. The average Bonchev–Trinajstić information content (AvgIpc) is 2.75. The molecule has 0 fully saturated rings. The Morgan fingerprint density at radius 2 is 1.56 bits per heavy atom. The summed E-state index contributed by atoms with van der Waals surface area (Å²) >= 11 is 0. The summed E-state index contributed by atoms with van der Waals surface area (Å²) in [7, 11) is -4.02. The minimum Gasteiger partial charge on any atom is -0.452 e. The van der Waals surface area contributed by atoms with E-state index in [0.717, 1.165) is 11.1 Å². The molecule has 0 spiro atoms. The highest BCUT2D eigenvalue weighted by Crippen LogP contribution is 2.23. The third-order valence-corrected chi connectivity index (χ3v) is 6.05. The number of carbonyl (C=O) groups excluding carboxylic acids is 2. The fourth-order valence-corrected chi connectivity index (χ4v) is 4.16. The normalized spacial score (nSPS) is 11.0. The van der Waals surface area contributed by atoms with Crippen LogP contribution in [0.4, 0.5) is 5.69 Å². The van der Waals surface area contributed by atoms with Crippen molar-refractivity contribution in [2.75, 3.05) is 11.9 Å². The maximum atomic E-state index is 12.6. The van der Waals surface area contributed by atoms with E-state index in [-0.39, 0.29) is 16.2 Å². The number of rotatable bonds is 7. The first-order valence-electron chi connectivity index (χ1n) is 9.80. The summed E-state index contributed by atoms with van der Waals surface area (Å²) in [4.78, 5) is 24.3. The van der Waals surface area contributed by atoms with E-state index in [1.165, 1.54) is 24.3 Å². The van der Waals surface area contributed by atoms with Crippen LogP contribution in [0.2, 0.25) is 0 Å². The van der Waals surface area contributed by atoms with Gasteiger partial charge in [-0.1, -0.05) is 30.3 Å². The summed E-state index contributed by atoms with van der Waals surface area (Å²) in [5, 5.41) is 2.67. The summed E-state index contributed by atoms with van der Waals surface area (Å²) in [5.41, 5.74) is 3.05. The largest absolute Gasteiger partial charge is 0.452 e. The fourth-order valence-electron chi connectivity index (χ4n) is 2.91. The van der Waals surface area contributed by atoms with Crippen molar-refractivity contribution in [1.82, 2.24) is 0 Å². The Labute approximate surface area is 187 Å². The minimum absolute atomic E-state index is 0.0553. The van der Waals surface area contributed by atoms with Crippen LogP contribution in [0.3, 0.4) is 0 Å². The highest BCUT2D eigenvalue weighted by atomic mass is 32.2. The van der Waals surface area contributed by atoms with Crippen LogP contribution >= 0.6 is 0 Å². The van der Waals surface area contributed by atoms with Crippen molar-refractivity contribution in [3.63, 3.8) is 0 Å². The van der Waals surface area contributed by atoms with Gasteiger partial charge in [-0.05, 0) is 73.9 Å². The number of anilines is 1. The van der Waals surface area contributed by atoms with Gasteiger partial charge in [0, 0.05) is 5.69 Å². The van der Waals surface area contributed by atoms with Crippen molar-refractivity contribution in [1.29, 1.82) is 0 Å². The first-order chi connectivity index (χ1) is 15.2. The summed E-state index contributed by atoms with van der Waals surface area (Å²) in [6.45, 7) is 4.88. The second-order valence-corrected chi connectivity index (χ2v) is 8.78. The zero-order valence-corrected chi connectivity index (χ0v) is 18.7. The van der Waals surface area contributed by atoms with Crippen LogP contribution in [-0.4, -0.2) is 26.9 Å². The van der Waals surface area contributed by atoms with Crippen LogP contribution in [0, 0.1) is 20.8 Å². The Hall–Kier alpha value is -3.65. The predicted molar refractivity (Wildman–Crippen MR) is 120 cm³/mol. The van der Waals surface area contributed by atoms with Gasteiger partial charge in [-0.15, -0.1) is 0 Å². The number of carbonyl (C=O) groups is 2. The Morgan fingerprint density at radius 1 is 0.875 bits per heavy atom. The second kappa shape index (κ2) is 9.65. The van der Waals surface area contributed by atoms with E-state index in [4.69, 9.17) is 8.92 Å². The molecule has 0 saturated carbocycles. The van der Waals surface area contributed by atoms with Crippen LogP contribution < -0.4 is 9.50 Å². The molecular formula is C24H23NO6S. The van der Waals surface area contributed by atoms with Crippen molar-refractivity contribution < 1.29 is 26.9 Å². The zero-order valence-electron chi connectivity index (χ0n) is 17.9. The molecule has 0 aromatic heterocycles. The van der Waals surface area contributed by atoms with Gasteiger partial charge in [0.25, 0.3) is 5.91 Å². The first-order valence-corrected chi connectivity index (χ1v) is 11.2. The number of nitrogens with one attached hydrogen (secondary N) is 1. The average molecular weight is 454 g/mol. The molecule has 0 atom stereocenters. The molecule has 3 rings (SSSR count). The minimum atomic E-state index is -4.02. The van der Waals surface area contributed by atoms with Gasteiger partial charge in [-0.3, -0.25) is 4.79 Å². The van der Waals surface area contributed by atoms with Gasteiger partial charge in [-0.2, -0.15) is 8.42 Å². The van der Waals surface area contributed by atoms with Gasteiger partial charge >= 0.3 is 16.1 Å². The molecule has 0 saturated heterocycles. The van der Waals surface area contributed by atoms with Crippen LogP contribution in [0.25, 0.3) is 0 Å². The van der Waals surface area contributed by atoms with Crippen LogP contribution in [0.1, 0.15) is 27.0 Å². The smallest absolute Gasteiger partial charge is 0.339 e. The third kappa shape index (κ3) is 5.73. The molecule has 3 aromatic carbocycles. The molecule has 166 valence electrons. The molecule has 0 heterocycles. The lowest BCUT2D eigenvalue weighted by Gasteiger charge is -2.11. The number of esters is 1. The van der Waals surface area contributed by atoms with Gasteiger partial charge in [0.1, 0.15) is 10.6 Å². The van der Waals surface area contributed by atoms with E-state index in [1.807, 2.05) is 25.1 Å². The van der Waals surface area contributed by atoms with E-state index in [0.29, 0.717) is 11.3 Å². The number of para-hydroxylation sites is 1. The van der Waals surface area contributed by atoms with E-state index in [2.05, 4.69) is 5.32 Å². The molecular weight excluding hydrogens is 430 g/mol. The Morgan fingerprint density at radius 3 is 2.25 bits per heavy atom. The second-order valence-electron chi connectivity index (χ2n) is 7.27. The first kappa shape index (κ1) is 23.0. The molecule has 0 aliphatic rings. The quantitative estimate of drug-likeness (QED) is 0.426. The van der Waals surface area contributed by atoms with Gasteiger partial charge in [-0.25, -0.2) is 4.79 Å². The monoisotopic (exact) mass is 453 g/mol. The lowest BCUT2D eigenvalue weighted by atomic mass is 10.2. The number of hydrogen-bond donors (Lipinski definition) is 1. The summed E-state index contributed by atoms with van der Waals surface area (Å²) in [5.74, 6) is -1.12. The Bertz CT molecular complexity index is 1250. The number of hydrogen-bond acceptors (Lipinski definition) is 6. The van der Waals surface area contributed by atoms with Gasteiger partial charge < -0.3 is 14.2 Å². The molecule has 3 aromatic rings. The molecule has 0 bridgehead atoms. The highest BCUT2D eigenvalue weighted by molar-refractivity contribution is 7.87. The number of ether oxygens (including phenoxy) is 1. The van der Waals surface area contributed by atoms with Gasteiger partial charge in [0.05, 0.1) is 5.56 Å². The van der Waals surface area contributed by atoms with Crippen molar-refractivity contribution in [2.24, 2.45) is 0 Å². The van der Waals surface area contributed by atoms with Crippen LogP contribution in [0.15, 0.2) is 71.6 Å². The maximum Gasteiger partial charge on any atom is 0.339 e. The van der Waals surface area contributed by atoms with E-state index in [1.54, 1.807) is 38.1 Å². The van der Waals surface area contributed by atoms with Crippen molar-refractivity contribution in [3.05, 3.63) is 89.0 Å². The molecule has 0 aliphatic carbocycles. The number of amides is 1. The van der Waals surface area contributed by atoms with Gasteiger partial charge in [0.15, 0.2) is 6.61 Å². The number of benzene rings is 3. The highest BCUT2D eigenvalue weighted by Gasteiger charge is 2.20. The predicted octanol–water partition coefficient (Wildman–Crippen LogP) is 4.18. The van der Waals surface area contributed by atoms with Crippen molar-refractivity contribution in [2.45, 2.75) is 25.7 Å². The zero-order chi connectivity index (χ0) is 23.3. The maximum absolute atomic E-state index is 12.6. The summed E-state index contributed by atoms with van der Waals surface area (Å²) < 4.78 is 35.4. The topological polar surface area (TPSA) is 98.8 Å². The molecule has 8 heteroatoms. The van der Waals surface area contributed by atoms with Crippen molar-refractivity contribution in [3.8, 4) is 5.75 Å². The fraction of sp³-hybridized carbons (Fsp3) is 0.167. The number of aryl methyl sites for hydroxylation is 3. The molecule has 0 aliphatic heterocycles. The van der Waals surface area contributed by atoms with Crippen LogP contribution in [0.5, 0.6) is 5.75 Å². The molecule has 7 nitrogen and oxygen atoms in total. The lowest BCUT2D eigenvalue weighted by Crippen LogP contribution is -2.21. The standard InChI is InChI=1S/C24H23NO6S/c1-16-8-9-18(3)22(14-16)32(28,29)31-20-12-10-19(11-13-20)24(27)30-15-23(26)25-21-7-5-4-6-17(21)2/h4-14H,15H2,1-3H3,(H,25,26). The van der Waals surface area contributed by atoms with Crippen LogP contribution in [-0.2, 0) is 19.6 Å². The lowest BCUT2D eigenvalue weighted by molar-refractivity contribution is -0.119. The Balaban J connectivity index is 1.60. The van der Waals surface area contributed by atoms with E-state index in [9.17, 15) is 18.0 Å².